The molecular formula is C19H15ClN4S2. The first-order chi connectivity index (χ1) is 12.8. The van der Waals surface area contributed by atoms with Crippen LogP contribution >= 0.6 is 34.3 Å². The van der Waals surface area contributed by atoms with Gasteiger partial charge in [-0.25, -0.2) is 4.98 Å². The Morgan fingerprint density at radius 1 is 1.00 bits per heavy atom. The molecule has 0 saturated heterocycles. The third kappa shape index (κ3) is 4.09. The van der Waals surface area contributed by atoms with Gasteiger partial charge in [-0.05, 0) is 23.3 Å². The second-order valence-corrected chi connectivity index (χ2v) is 8.09. The molecule has 4 aromatic rings. The van der Waals surface area contributed by atoms with Crippen molar-refractivity contribution < 1.29 is 0 Å². The Hall–Kier alpha value is -2.28. The van der Waals surface area contributed by atoms with Crippen molar-refractivity contribution in [1.82, 2.24) is 15.2 Å². The van der Waals surface area contributed by atoms with Crippen LogP contribution in [0.3, 0.4) is 0 Å². The van der Waals surface area contributed by atoms with Gasteiger partial charge in [-0.1, -0.05) is 65.4 Å². The fourth-order valence-electron chi connectivity index (χ4n) is 2.59. The number of anilines is 1. The first-order valence-corrected chi connectivity index (χ1v) is 10.1. The summed E-state index contributed by atoms with van der Waals surface area (Å²) < 4.78 is 0. The number of halogens is 1. The number of nitrogens with one attached hydrogen (secondary N) is 1. The molecule has 1 N–H and O–H groups in total. The predicted molar refractivity (Wildman–Crippen MR) is 108 cm³/mol. The van der Waals surface area contributed by atoms with Gasteiger partial charge in [0, 0.05) is 23.0 Å². The number of benzene rings is 2. The molecule has 2 aromatic heterocycles. The standard InChI is InChI=1S/C19H15ClN4S2/c20-15-8-6-13(7-9-15)12-16-23-24-19(26-16)22-17(18-21-10-11-25-18)14-4-2-1-3-5-14/h1-11,17H,12H2,(H,22,24). The molecule has 0 radical (unpaired) electrons. The Bertz CT molecular complexity index is 953. The van der Waals surface area contributed by atoms with E-state index in [4.69, 9.17) is 11.6 Å². The third-order valence-electron chi connectivity index (χ3n) is 3.83. The zero-order valence-corrected chi connectivity index (χ0v) is 16.1. The fourth-order valence-corrected chi connectivity index (χ4v) is 4.24. The summed E-state index contributed by atoms with van der Waals surface area (Å²) in [5.41, 5.74) is 2.31. The maximum Gasteiger partial charge on any atom is 0.206 e. The molecular weight excluding hydrogens is 384 g/mol. The number of nitrogens with zero attached hydrogens (tertiary/aromatic N) is 3. The Balaban J connectivity index is 1.53. The van der Waals surface area contributed by atoms with Crippen molar-refractivity contribution in [2.75, 3.05) is 5.32 Å². The molecule has 0 saturated carbocycles. The van der Waals surface area contributed by atoms with E-state index in [0.29, 0.717) is 0 Å². The van der Waals surface area contributed by atoms with Crippen LogP contribution < -0.4 is 5.32 Å². The van der Waals surface area contributed by atoms with Crippen molar-refractivity contribution in [3.05, 3.63) is 92.3 Å². The zero-order chi connectivity index (χ0) is 17.8. The van der Waals surface area contributed by atoms with E-state index in [2.05, 4.69) is 32.6 Å². The van der Waals surface area contributed by atoms with Gasteiger partial charge >= 0.3 is 0 Å². The lowest BCUT2D eigenvalue weighted by Crippen LogP contribution is -2.11. The van der Waals surface area contributed by atoms with Crippen LogP contribution in [0, 0.1) is 0 Å². The SMILES string of the molecule is Clc1ccc(Cc2nnc(NC(c3ccccc3)c3nccs3)s2)cc1. The summed E-state index contributed by atoms with van der Waals surface area (Å²) in [5.74, 6) is 0. The molecule has 130 valence electrons. The summed E-state index contributed by atoms with van der Waals surface area (Å²) in [7, 11) is 0. The summed E-state index contributed by atoms with van der Waals surface area (Å²) in [5, 5.41) is 17.6. The van der Waals surface area contributed by atoms with Crippen LogP contribution in [0.2, 0.25) is 5.02 Å². The first kappa shape index (κ1) is 17.1. The van der Waals surface area contributed by atoms with E-state index in [0.717, 1.165) is 37.7 Å². The van der Waals surface area contributed by atoms with Gasteiger partial charge < -0.3 is 5.32 Å². The summed E-state index contributed by atoms with van der Waals surface area (Å²) in [6.45, 7) is 0. The highest BCUT2D eigenvalue weighted by molar-refractivity contribution is 7.15. The lowest BCUT2D eigenvalue weighted by Gasteiger charge is -2.15. The molecule has 0 aliphatic heterocycles. The molecule has 1 atom stereocenters. The highest BCUT2D eigenvalue weighted by Crippen LogP contribution is 2.29. The van der Waals surface area contributed by atoms with Gasteiger partial charge in [0.2, 0.25) is 5.13 Å². The molecule has 4 rings (SSSR count). The van der Waals surface area contributed by atoms with Crippen molar-refractivity contribution in [3.8, 4) is 0 Å². The Kier molecular flexibility index (Phi) is 5.24. The summed E-state index contributed by atoms with van der Waals surface area (Å²) >= 11 is 9.13. The minimum atomic E-state index is -0.0347. The molecule has 4 nitrogen and oxygen atoms in total. The van der Waals surface area contributed by atoms with Gasteiger partial charge in [-0.2, -0.15) is 0 Å². The Labute approximate surface area is 164 Å². The van der Waals surface area contributed by atoms with Crippen molar-refractivity contribution in [2.45, 2.75) is 12.5 Å². The van der Waals surface area contributed by atoms with E-state index < -0.39 is 0 Å². The average molecular weight is 399 g/mol. The van der Waals surface area contributed by atoms with Crippen LogP contribution in [0.25, 0.3) is 0 Å². The van der Waals surface area contributed by atoms with Crippen LogP contribution in [0.5, 0.6) is 0 Å². The maximum absolute atomic E-state index is 5.94. The maximum atomic E-state index is 5.94. The summed E-state index contributed by atoms with van der Waals surface area (Å²) in [4.78, 5) is 4.47. The average Bonchev–Trinajstić information content (AvgIpc) is 3.34. The number of hydrogen-bond acceptors (Lipinski definition) is 6. The smallest absolute Gasteiger partial charge is 0.206 e. The van der Waals surface area contributed by atoms with E-state index in [1.165, 1.54) is 0 Å². The van der Waals surface area contributed by atoms with Crippen LogP contribution in [0.4, 0.5) is 5.13 Å². The fraction of sp³-hybridized carbons (Fsp3) is 0.105. The second kappa shape index (κ2) is 7.95. The van der Waals surface area contributed by atoms with Gasteiger partial charge in [0.05, 0.1) is 0 Å². The van der Waals surface area contributed by atoms with E-state index in [9.17, 15) is 0 Å². The van der Waals surface area contributed by atoms with Gasteiger partial charge in [-0.15, -0.1) is 21.5 Å². The third-order valence-corrected chi connectivity index (χ3v) is 5.78. The first-order valence-electron chi connectivity index (χ1n) is 8.05. The van der Waals surface area contributed by atoms with E-state index >= 15 is 0 Å². The molecule has 0 bridgehead atoms. The monoisotopic (exact) mass is 398 g/mol. The second-order valence-electron chi connectivity index (χ2n) is 5.66. The molecule has 1 unspecified atom stereocenters. The van der Waals surface area contributed by atoms with Gasteiger partial charge in [0.25, 0.3) is 0 Å². The minimum absolute atomic E-state index is 0.0347. The molecule has 2 aromatic carbocycles. The minimum Gasteiger partial charge on any atom is -0.347 e. The lowest BCUT2D eigenvalue weighted by atomic mass is 10.1. The highest BCUT2D eigenvalue weighted by atomic mass is 35.5. The predicted octanol–water partition coefficient (Wildman–Crippen LogP) is 5.44. The zero-order valence-electron chi connectivity index (χ0n) is 13.7. The summed E-state index contributed by atoms with van der Waals surface area (Å²) in [6.07, 6.45) is 2.56. The van der Waals surface area contributed by atoms with E-state index in [1.54, 1.807) is 22.7 Å². The van der Waals surface area contributed by atoms with Crippen LogP contribution in [0.15, 0.2) is 66.2 Å². The lowest BCUT2D eigenvalue weighted by molar-refractivity contribution is 0.903. The van der Waals surface area contributed by atoms with Gasteiger partial charge in [0.1, 0.15) is 16.1 Å². The van der Waals surface area contributed by atoms with Crippen molar-refractivity contribution in [3.63, 3.8) is 0 Å². The molecule has 0 amide bonds. The topological polar surface area (TPSA) is 50.7 Å². The molecule has 7 heteroatoms. The van der Waals surface area contributed by atoms with Gasteiger partial charge in [0.15, 0.2) is 0 Å². The van der Waals surface area contributed by atoms with Crippen molar-refractivity contribution >= 4 is 39.4 Å². The van der Waals surface area contributed by atoms with Gasteiger partial charge in [-0.3, -0.25) is 0 Å². The number of rotatable bonds is 6. The molecule has 26 heavy (non-hydrogen) atoms. The van der Waals surface area contributed by atoms with Crippen molar-refractivity contribution in [2.24, 2.45) is 0 Å². The van der Waals surface area contributed by atoms with Crippen LogP contribution in [-0.2, 0) is 6.42 Å². The summed E-state index contributed by atoms with van der Waals surface area (Å²) in [6, 6.07) is 18.0. The van der Waals surface area contributed by atoms with Crippen molar-refractivity contribution in [1.29, 1.82) is 0 Å². The van der Waals surface area contributed by atoms with E-state index in [-0.39, 0.29) is 6.04 Å². The molecule has 2 heterocycles. The normalized spacial score (nSPS) is 12.0. The quantitative estimate of drug-likeness (QED) is 0.469. The van der Waals surface area contributed by atoms with Crippen LogP contribution in [0.1, 0.15) is 27.2 Å². The largest absolute Gasteiger partial charge is 0.347 e. The highest BCUT2D eigenvalue weighted by Gasteiger charge is 2.18. The number of aromatic nitrogens is 3. The Morgan fingerprint density at radius 3 is 2.54 bits per heavy atom. The molecule has 0 aliphatic carbocycles. The number of thiazole rings is 1. The van der Waals surface area contributed by atoms with Crippen LogP contribution in [-0.4, -0.2) is 15.2 Å². The number of hydrogen-bond donors (Lipinski definition) is 1. The molecule has 0 spiro atoms. The Morgan fingerprint density at radius 2 is 1.81 bits per heavy atom. The molecule has 0 fully saturated rings. The molecule has 0 aliphatic rings. The van der Waals surface area contributed by atoms with E-state index in [1.807, 2.05) is 54.0 Å².